The van der Waals surface area contributed by atoms with E-state index in [0.29, 0.717) is 10.7 Å². The van der Waals surface area contributed by atoms with Crippen LogP contribution in [0, 0.1) is 6.92 Å². The minimum absolute atomic E-state index is 0.335. The van der Waals surface area contributed by atoms with Gasteiger partial charge in [0.1, 0.15) is 21.3 Å². The summed E-state index contributed by atoms with van der Waals surface area (Å²) >= 11 is 1.22. The predicted molar refractivity (Wildman–Crippen MR) is 102 cm³/mol. The van der Waals surface area contributed by atoms with Crippen LogP contribution < -0.4 is 5.32 Å². The Hall–Kier alpha value is -2.47. The van der Waals surface area contributed by atoms with Gasteiger partial charge in [0.2, 0.25) is 0 Å². The summed E-state index contributed by atoms with van der Waals surface area (Å²) in [6, 6.07) is 10.4. The van der Waals surface area contributed by atoms with E-state index in [4.69, 9.17) is 0 Å². The van der Waals surface area contributed by atoms with Crippen LogP contribution >= 0.6 is 11.3 Å². The molecule has 0 aliphatic carbocycles. The number of anilines is 1. The number of aromatic nitrogens is 2. The van der Waals surface area contributed by atoms with Crippen molar-refractivity contribution < 1.29 is 9.90 Å². The topological polar surface area (TPSA) is 75.1 Å². The van der Waals surface area contributed by atoms with Gasteiger partial charge in [-0.3, -0.25) is 0 Å². The number of nitrogens with zero attached hydrogens (tertiary/aromatic N) is 2. The van der Waals surface area contributed by atoms with Crippen LogP contribution in [0.2, 0.25) is 0 Å². The molecule has 2 N–H and O–H groups in total. The SMILES string of the molecule is CNc1nc(CCCCc2ccccc2)nc2sc(C(=O)O)c(C)c12. The molecule has 6 heteroatoms. The Morgan fingerprint density at radius 3 is 2.56 bits per heavy atom. The largest absolute Gasteiger partial charge is 0.477 e. The molecule has 0 fully saturated rings. The number of carbonyl (C=O) groups is 1. The number of fused-ring (bicyclic) bond motifs is 1. The summed E-state index contributed by atoms with van der Waals surface area (Å²) in [5.41, 5.74) is 2.07. The van der Waals surface area contributed by atoms with E-state index < -0.39 is 5.97 Å². The molecule has 0 bridgehead atoms. The average Bonchev–Trinajstić information content (AvgIpc) is 2.96. The maximum atomic E-state index is 11.4. The van der Waals surface area contributed by atoms with E-state index in [1.165, 1.54) is 16.9 Å². The molecule has 0 radical (unpaired) electrons. The number of unbranched alkanes of at least 4 members (excludes halogenated alkanes) is 1. The molecule has 130 valence electrons. The molecule has 0 aliphatic heterocycles. The lowest BCUT2D eigenvalue weighted by atomic mass is 10.1. The van der Waals surface area contributed by atoms with E-state index in [0.717, 1.165) is 47.3 Å². The van der Waals surface area contributed by atoms with E-state index >= 15 is 0 Å². The molecule has 2 aromatic heterocycles. The standard InChI is InChI=1S/C19H21N3O2S/c1-12-15-17(20-2)21-14(22-18(15)25-16(12)19(23)24)11-7-6-10-13-8-4-3-5-9-13/h3-5,8-9H,6-7,10-11H2,1-2H3,(H,23,24)(H,20,21,22). The average molecular weight is 355 g/mol. The lowest BCUT2D eigenvalue weighted by molar-refractivity contribution is 0.0701. The number of benzene rings is 1. The van der Waals surface area contributed by atoms with Crippen LogP contribution in [0.1, 0.15) is 39.5 Å². The fourth-order valence-corrected chi connectivity index (χ4v) is 3.98. The second kappa shape index (κ2) is 7.61. The van der Waals surface area contributed by atoms with Gasteiger partial charge >= 0.3 is 5.97 Å². The van der Waals surface area contributed by atoms with Gasteiger partial charge < -0.3 is 10.4 Å². The van der Waals surface area contributed by atoms with Gasteiger partial charge in [-0.25, -0.2) is 14.8 Å². The van der Waals surface area contributed by atoms with Gasteiger partial charge in [0.15, 0.2) is 0 Å². The van der Waals surface area contributed by atoms with Gasteiger partial charge in [0.25, 0.3) is 0 Å². The lowest BCUT2D eigenvalue weighted by Gasteiger charge is -2.06. The molecule has 0 unspecified atom stereocenters. The Morgan fingerprint density at radius 1 is 1.16 bits per heavy atom. The molecule has 0 atom stereocenters. The van der Waals surface area contributed by atoms with Crippen LogP contribution in [0.5, 0.6) is 0 Å². The summed E-state index contributed by atoms with van der Waals surface area (Å²) < 4.78 is 0. The maximum Gasteiger partial charge on any atom is 0.346 e. The summed E-state index contributed by atoms with van der Waals surface area (Å²) in [6.07, 6.45) is 3.91. The van der Waals surface area contributed by atoms with E-state index in [1.807, 2.05) is 13.0 Å². The molecule has 25 heavy (non-hydrogen) atoms. The zero-order chi connectivity index (χ0) is 17.8. The highest BCUT2D eigenvalue weighted by Crippen LogP contribution is 2.33. The fourth-order valence-electron chi connectivity index (χ4n) is 2.94. The second-order valence-corrected chi connectivity index (χ2v) is 6.97. The van der Waals surface area contributed by atoms with E-state index in [9.17, 15) is 9.90 Å². The summed E-state index contributed by atoms with van der Waals surface area (Å²) in [5.74, 6) is 0.569. The Labute approximate surface area is 150 Å². The number of rotatable bonds is 7. The van der Waals surface area contributed by atoms with Crippen molar-refractivity contribution in [3.05, 3.63) is 52.2 Å². The van der Waals surface area contributed by atoms with Gasteiger partial charge in [0.05, 0.1) is 5.39 Å². The van der Waals surface area contributed by atoms with Crippen LogP contribution in [0.15, 0.2) is 30.3 Å². The number of nitrogens with one attached hydrogen (secondary N) is 1. The van der Waals surface area contributed by atoms with Crippen molar-refractivity contribution in [1.82, 2.24) is 9.97 Å². The minimum atomic E-state index is -0.910. The molecular formula is C19H21N3O2S. The van der Waals surface area contributed by atoms with Gasteiger partial charge in [0, 0.05) is 13.5 Å². The molecule has 1 aromatic carbocycles. The molecule has 3 rings (SSSR count). The number of hydrogen-bond acceptors (Lipinski definition) is 5. The smallest absolute Gasteiger partial charge is 0.346 e. The van der Waals surface area contributed by atoms with Gasteiger partial charge in [-0.05, 0) is 37.3 Å². The van der Waals surface area contributed by atoms with Crippen LogP contribution in [0.25, 0.3) is 10.2 Å². The zero-order valence-corrected chi connectivity index (χ0v) is 15.2. The molecule has 0 spiro atoms. The number of aryl methyl sites for hydroxylation is 3. The number of hydrogen-bond donors (Lipinski definition) is 2. The highest BCUT2D eigenvalue weighted by molar-refractivity contribution is 7.20. The first kappa shape index (κ1) is 17.4. The first-order chi connectivity index (χ1) is 12.1. The molecule has 0 saturated carbocycles. The summed E-state index contributed by atoms with van der Waals surface area (Å²) in [7, 11) is 1.80. The monoisotopic (exact) mass is 355 g/mol. The van der Waals surface area contributed by atoms with Crippen molar-refractivity contribution in [3.63, 3.8) is 0 Å². The lowest BCUT2D eigenvalue weighted by Crippen LogP contribution is -2.02. The Morgan fingerprint density at radius 2 is 1.88 bits per heavy atom. The molecule has 0 amide bonds. The third kappa shape index (κ3) is 3.79. The zero-order valence-electron chi connectivity index (χ0n) is 14.4. The van der Waals surface area contributed by atoms with Crippen LogP contribution in [0.4, 0.5) is 5.82 Å². The summed E-state index contributed by atoms with van der Waals surface area (Å²) in [4.78, 5) is 21.6. The quantitative estimate of drug-likeness (QED) is 0.618. The van der Waals surface area contributed by atoms with Gasteiger partial charge in [-0.2, -0.15) is 0 Å². The van der Waals surface area contributed by atoms with Crippen molar-refractivity contribution in [1.29, 1.82) is 0 Å². The Balaban J connectivity index is 1.74. The first-order valence-electron chi connectivity index (χ1n) is 8.35. The molecule has 3 aromatic rings. The minimum Gasteiger partial charge on any atom is -0.477 e. The van der Waals surface area contributed by atoms with Gasteiger partial charge in [-0.1, -0.05) is 30.3 Å². The third-order valence-electron chi connectivity index (χ3n) is 4.23. The Kier molecular flexibility index (Phi) is 5.28. The van der Waals surface area contributed by atoms with E-state index in [-0.39, 0.29) is 0 Å². The molecule has 5 nitrogen and oxygen atoms in total. The molecule has 2 heterocycles. The third-order valence-corrected chi connectivity index (χ3v) is 5.40. The van der Waals surface area contributed by atoms with Crippen molar-refractivity contribution >= 4 is 33.3 Å². The highest BCUT2D eigenvalue weighted by atomic mass is 32.1. The van der Waals surface area contributed by atoms with E-state index in [1.54, 1.807) is 7.05 Å². The summed E-state index contributed by atoms with van der Waals surface area (Å²) in [6.45, 7) is 1.81. The van der Waals surface area contributed by atoms with Crippen molar-refractivity contribution in [2.24, 2.45) is 0 Å². The second-order valence-electron chi connectivity index (χ2n) is 5.97. The number of carboxylic acid groups (broad SMARTS) is 1. The molecule has 0 saturated heterocycles. The van der Waals surface area contributed by atoms with Gasteiger partial charge in [-0.15, -0.1) is 11.3 Å². The molecular weight excluding hydrogens is 334 g/mol. The normalized spacial score (nSPS) is 11.0. The van der Waals surface area contributed by atoms with Crippen molar-refractivity contribution in [2.75, 3.05) is 12.4 Å². The predicted octanol–water partition coefficient (Wildman–Crippen LogP) is 4.31. The number of thiophene rings is 1. The number of carboxylic acids is 1. The molecule has 0 aliphatic rings. The van der Waals surface area contributed by atoms with Crippen LogP contribution in [-0.4, -0.2) is 28.1 Å². The highest BCUT2D eigenvalue weighted by Gasteiger charge is 2.19. The first-order valence-corrected chi connectivity index (χ1v) is 9.16. The summed E-state index contributed by atoms with van der Waals surface area (Å²) in [5, 5.41) is 13.2. The van der Waals surface area contributed by atoms with Crippen LogP contribution in [-0.2, 0) is 12.8 Å². The van der Waals surface area contributed by atoms with Crippen molar-refractivity contribution in [2.45, 2.75) is 32.6 Å². The van der Waals surface area contributed by atoms with Crippen LogP contribution in [0.3, 0.4) is 0 Å². The maximum absolute atomic E-state index is 11.4. The fraction of sp³-hybridized carbons (Fsp3) is 0.316. The van der Waals surface area contributed by atoms with E-state index in [2.05, 4.69) is 39.6 Å². The Bertz CT molecular complexity index is 891. The van der Waals surface area contributed by atoms with Crippen molar-refractivity contribution in [3.8, 4) is 0 Å². The number of aromatic carboxylic acids is 1.